The van der Waals surface area contributed by atoms with Crippen LogP contribution in [0.1, 0.15) is 31.7 Å². The van der Waals surface area contributed by atoms with Crippen molar-refractivity contribution in [3.63, 3.8) is 0 Å². The van der Waals surface area contributed by atoms with Crippen molar-refractivity contribution in [2.75, 3.05) is 11.9 Å². The highest BCUT2D eigenvalue weighted by atomic mass is 35.5. The van der Waals surface area contributed by atoms with E-state index in [1.165, 1.54) is 0 Å². The molecule has 0 saturated carbocycles. The summed E-state index contributed by atoms with van der Waals surface area (Å²) in [6.45, 7) is 5.50. The van der Waals surface area contributed by atoms with Gasteiger partial charge in [-0.05, 0) is 24.1 Å². The predicted octanol–water partition coefficient (Wildman–Crippen LogP) is 4.09. The van der Waals surface area contributed by atoms with E-state index in [0.717, 1.165) is 41.6 Å². The molecule has 5 heteroatoms. The monoisotopic (exact) mass is 305 g/mol. The molecule has 0 fully saturated rings. The van der Waals surface area contributed by atoms with Gasteiger partial charge < -0.3 is 10.1 Å². The molecule has 112 valence electrons. The first-order valence-corrected chi connectivity index (χ1v) is 7.58. The van der Waals surface area contributed by atoms with Gasteiger partial charge in [0.2, 0.25) is 5.88 Å². The molecule has 0 unspecified atom stereocenters. The van der Waals surface area contributed by atoms with Gasteiger partial charge in [0, 0.05) is 24.1 Å². The maximum absolute atomic E-state index is 5.87. The van der Waals surface area contributed by atoms with Gasteiger partial charge in [-0.3, -0.25) is 0 Å². The van der Waals surface area contributed by atoms with Gasteiger partial charge in [0.1, 0.15) is 18.2 Å². The fourth-order valence-corrected chi connectivity index (χ4v) is 1.91. The average Bonchev–Trinajstić information content (AvgIpc) is 2.52. The Morgan fingerprint density at radius 1 is 1.14 bits per heavy atom. The van der Waals surface area contributed by atoms with Gasteiger partial charge in [0.05, 0.1) is 0 Å². The number of hydrogen-bond donors (Lipinski definition) is 1. The molecular weight excluding hydrogens is 286 g/mol. The summed E-state index contributed by atoms with van der Waals surface area (Å²) >= 11 is 5.87. The van der Waals surface area contributed by atoms with Crippen LogP contribution in [0.25, 0.3) is 0 Å². The largest absolute Gasteiger partial charge is 0.473 e. The number of aryl methyl sites for hydroxylation is 1. The van der Waals surface area contributed by atoms with Crippen LogP contribution in [-0.4, -0.2) is 16.5 Å². The van der Waals surface area contributed by atoms with E-state index in [9.17, 15) is 0 Å². The second-order valence-corrected chi connectivity index (χ2v) is 5.14. The second-order valence-electron chi connectivity index (χ2n) is 4.70. The highest BCUT2D eigenvalue weighted by Crippen LogP contribution is 2.16. The van der Waals surface area contributed by atoms with Crippen molar-refractivity contribution in [2.24, 2.45) is 0 Å². The molecule has 0 bridgehead atoms. The molecular formula is C16H20ClN3O. The van der Waals surface area contributed by atoms with Crippen molar-refractivity contribution in [3.05, 3.63) is 46.7 Å². The van der Waals surface area contributed by atoms with Gasteiger partial charge in [-0.1, -0.05) is 37.6 Å². The maximum Gasteiger partial charge on any atom is 0.219 e. The van der Waals surface area contributed by atoms with Gasteiger partial charge in [-0.2, -0.15) is 4.98 Å². The summed E-state index contributed by atoms with van der Waals surface area (Å²) in [4.78, 5) is 8.83. The lowest BCUT2D eigenvalue weighted by Gasteiger charge is -2.10. The van der Waals surface area contributed by atoms with Crippen LogP contribution < -0.4 is 10.1 Å². The van der Waals surface area contributed by atoms with Crippen molar-refractivity contribution in [3.8, 4) is 5.88 Å². The highest BCUT2D eigenvalue weighted by Gasteiger charge is 2.05. The molecule has 0 saturated heterocycles. The molecule has 0 aliphatic carbocycles. The Hall–Kier alpha value is -1.81. The first kappa shape index (κ1) is 15.6. The standard InChI is InChI=1S/C16H20ClN3O/c1-3-9-18-15-10-16(20-14(4-2)19-15)21-11-12-5-7-13(17)8-6-12/h5-8,10H,3-4,9,11H2,1-2H3,(H,18,19,20). The first-order valence-electron chi connectivity index (χ1n) is 7.20. The van der Waals surface area contributed by atoms with E-state index in [4.69, 9.17) is 16.3 Å². The van der Waals surface area contributed by atoms with E-state index in [-0.39, 0.29) is 0 Å². The van der Waals surface area contributed by atoms with E-state index in [2.05, 4.69) is 22.2 Å². The van der Waals surface area contributed by atoms with Crippen LogP contribution in [0.3, 0.4) is 0 Å². The molecule has 0 aliphatic rings. The molecule has 0 atom stereocenters. The maximum atomic E-state index is 5.87. The van der Waals surface area contributed by atoms with Gasteiger partial charge in [0.15, 0.2) is 0 Å². The summed E-state index contributed by atoms with van der Waals surface area (Å²) in [5.41, 5.74) is 1.05. The Balaban J connectivity index is 2.05. The van der Waals surface area contributed by atoms with Crippen molar-refractivity contribution >= 4 is 17.4 Å². The molecule has 2 aromatic rings. The number of aromatic nitrogens is 2. The molecule has 1 aromatic heterocycles. The zero-order valence-electron chi connectivity index (χ0n) is 12.4. The van der Waals surface area contributed by atoms with Crippen molar-refractivity contribution in [1.29, 1.82) is 0 Å². The Labute approximate surface area is 130 Å². The summed E-state index contributed by atoms with van der Waals surface area (Å²) in [6, 6.07) is 9.43. The van der Waals surface area contributed by atoms with E-state index in [1.807, 2.05) is 37.3 Å². The summed E-state index contributed by atoms with van der Waals surface area (Å²) in [7, 11) is 0. The van der Waals surface area contributed by atoms with E-state index < -0.39 is 0 Å². The number of hydrogen-bond acceptors (Lipinski definition) is 4. The van der Waals surface area contributed by atoms with Crippen LogP contribution in [0.2, 0.25) is 5.02 Å². The number of anilines is 1. The summed E-state index contributed by atoms with van der Waals surface area (Å²) in [6.07, 6.45) is 1.82. The fourth-order valence-electron chi connectivity index (χ4n) is 1.79. The third-order valence-electron chi connectivity index (χ3n) is 2.92. The number of nitrogens with zero attached hydrogens (tertiary/aromatic N) is 2. The molecule has 4 nitrogen and oxygen atoms in total. The average molecular weight is 306 g/mol. The minimum atomic E-state index is 0.463. The van der Waals surface area contributed by atoms with E-state index in [0.29, 0.717) is 12.5 Å². The van der Waals surface area contributed by atoms with Crippen molar-refractivity contribution in [1.82, 2.24) is 9.97 Å². The number of benzene rings is 1. The first-order chi connectivity index (χ1) is 10.2. The molecule has 1 aromatic carbocycles. The Morgan fingerprint density at radius 2 is 1.90 bits per heavy atom. The normalized spacial score (nSPS) is 10.4. The molecule has 1 heterocycles. The predicted molar refractivity (Wildman–Crippen MR) is 86.0 cm³/mol. The van der Waals surface area contributed by atoms with Gasteiger partial charge in [-0.15, -0.1) is 0 Å². The molecule has 21 heavy (non-hydrogen) atoms. The molecule has 1 N–H and O–H groups in total. The summed E-state index contributed by atoms with van der Waals surface area (Å²) in [5, 5.41) is 3.99. The lowest BCUT2D eigenvalue weighted by molar-refractivity contribution is 0.292. The third-order valence-corrected chi connectivity index (χ3v) is 3.17. The van der Waals surface area contributed by atoms with Crippen LogP contribution >= 0.6 is 11.6 Å². The van der Waals surface area contributed by atoms with Crippen LogP contribution in [0, 0.1) is 0 Å². The van der Waals surface area contributed by atoms with Crippen LogP contribution in [0.5, 0.6) is 5.88 Å². The molecule has 0 radical (unpaired) electrons. The number of halogens is 1. The highest BCUT2D eigenvalue weighted by molar-refractivity contribution is 6.30. The molecule has 0 aliphatic heterocycles. The summed E-state index contributed by atoms with van der Waals surface area (Å²) < 4.78 is 5.76. The van der Waals surface area contributed by atoms with Crippen molar-refractivity contribution in [2.45, 2.75) is 33.3 Å². The quantitative estimate of drug-likeness (QED) is 0.837. The van der Waals surface area contributed by atoms with Crippen LogP contribution in [-0.2, 0) is 13.0 Å². The third kappa shape index (κ3) is 4.90. The smallest absolute Gasteiger partial charge is 0.219 e. The topological polar surface area (TPSA) is 47.0 Å². The Kier molecular flexibility index (Phi) is 5.81. The Bertz CT molecular complexity index is 572. The Morgan fingerprint density at radius 3 is 2.57 bits per heavy atom. The zero-order valence-corrected chi connectivity index (χ0v) is 13.2. The minimum absolute atomic E-state index is 0.463. The SMILES string of the molecule is CCCNc1cc(OCc2ccc(Cl)cc2)nc(CC)n1. The second kappa shape index (κ2) is 7.84. The zero-order chi connectivity index (χ0) is 15.1. The van der Waals surface area contributed by atoms with Crippen LogP contribution in [0.15, 0.2) is 30.3 Å². The molecule has 2 rings (SSSR count). The van der Waals surface area contributed by atoms with Gasteiger partial charge >= 0.3 is 0 Å². The van der Waals surface area contributed by atoms with Crippen LogP contribution in [0.4, 0.5) is 5.82 Å². The van der Waals surface area contributed by atoms with E-state index in [1.54, 1.807) is 0 Å². The lowest BCUT2D eigenvalue weighted by atomic mass is 10.2. The molecule has 0 spiro atoms. The number of ether oxygens (including phenoxy) is 1. The van der Waals surface area contributed by atoms with Crippen molar-refractivity contribution < 1.29 is 4.74 Å². The molecule has 0 amide bonds. The lowest BCUT2D eigenvalue weighted by Crippen LogP contribution is -2.07. The minimum Gasteiger partial charge on any atom is -0.473 e. The number of nitrogens with one attached hydrogen (secondary N) is 1. The summed E-state index contributed by atoms with van der Waals surface area (Å²) in [5.74, 6) is 2.19. The van der Waals surface area contributed by atoms with E-state index >= 15 is 0 Å². The van der Waals surface area contributed by atoms with Gasteiger partial charge in [-0.25, -0.2) is 4.98 Å². The van der Waals surface area contributed by atoms with Gasteiger partial charge in [0.25, 0.3) is 0 Å². The number of rotatable bonds is 7. The fraction of sp³-hybridized carbons (Fsp3) is 0.375.